The molecule has 1 saturated heterocycles. The van der Waals surface area contributed by atoms with Gasteiger partial charge in [-0.1, -0.05) is 6.07 Å². The molecule has 3 rings (SSSR count). The van der Waals surface area contributed by atoms with Crippen LogP contribution in [0.15, 0.2) is 18.2 Å². The van der Waals surface area contributed by atoms with Crippen LogP contribution in [0.5, 0.6) is 11.5 Å². The molecule has 0 bridgehead atoms. The lowest BCUT2D eigenvalue weighted by Gasteiger charge is -2.35. The molecule has 0 radical (unpaired) electrons. The number of fused-ring (bicyclic) bond motifs is 1. The Labute approximate surface area is 160 Å². The Morgan fingerprint density at radius 1 is 1.19 bits per heavy atom. The first-order valence-electron chi connectivity index (χ1n) is 8.44. The summed E-state index contributed by atoms with van der Waals surface area (Å²) < 4.78 is 34.4. The number of carbonyl (C=O) groups excluding carboxylic acids is 1. The Balaban J connectivity index is 0.00000243. The van der Waals surface area contributed by atoms with Gasteiger partial charge >= 0.3 is 0 Å². The zero-order valence-electron chi connectivity index (χ0n) is 14.9. The number of ether oxygens (including phenoxy) is 2. The minimum atomic E-state index is -3.53. The highest BCUT2D eigenvalue weighted by molar-refractivity contribution is 7.92. The van der Waals surface area contributed by atoms with Crippen molar-refractivity contribution < 1.29 is 22.7 Å². The molecule has 1 atom stereocenters. The van der Waals surface area contributed by atoms with E-state index in [0.29, 0.717) is 37.8 Å². The Morgan fingerprint density at radius 2 is 1.81 bits per heavy atom. The molecule has 1 aromatic carbocycles. The summed E-state index contributed by atoms with van der Waals surface area (Å²) in [7, 11) is -3.53. The standard InChI is InChI=1S/C17H24N2O5S.ClH/c1-12(13-3-4-14-15(11-13)24-10-9-23-14)19-16(20)17(25(2,21)22)5-7-18-8-6-17;/h3-4,11-12,18H,5-10H2,1-2H3,(H,19,20);1H. The van der Waals surface area contributed by atoms with Crippen molar-refractivity contribution in [2.75, 3.05) is 32.6 Å². The summed E-state index contributed by atoms with van der Waals surface area (Å²) >= 11 is 0. The summed E-state index contributed by atoms with van der Waals surface area (Å²) in [5.41, 5.74) is 0.843. The number of nitrogens with one attached hydrogen (secondary N) is 2. The first kappa shape index (κ1) is 20.8. The van der Waals surface area contributed by atoms with Crippen LogP contribution in [0.3, 0.4) is 0 Å². The molecule has 9 heteroatoms. The van der Waals surface area contributed by atoms with Crippen LogP contribution >= 0.6 is 12.4 Å². The van der Waals surface area contributed by atoms with Gasteiger partial charge < -0.3 is 20.1 Å². The second-order valence-corrected chi connectivity index (χ2v) is 8.94. The van der Waals surface area contributed by atoms with Crippen LogP contribution in [0.25, 0.3) is 0 Å². The first-order chi connectivity index (χ1) is 11.8. The van der Waals surface area contributed by atoms with Gasteiger partial charge in [0, 0.05) is 6.26 Å². The van der Waals surface area contributed by atoms with Gasteiger partial charge in [0.25, 0.3) is 0 Å². The summed E-state index contributed by atoms with van der Waals surface area (Å²) in [4.78, 5) is 12.9. The lowest BCUT2D eigenvalue weighted by Crippen LogP contribution is -2.57. The number of benzene rings is 1. The van der Waals surface area contributed by atoms with Gasteiger partial charge in [0.15, 0.2) is 26.1 Å². The molecule has 1 aromatic rings. The molecule has 0 aliphatic carbocycles. The molecule has 2 aliphatic rings. The molecule has 146 valence electrons. The van der Waals surface area contributed by atoms with E-state index in [1.165, 1.54) is 0 Å². The summed E-state index contributed by atoms with van der Waals surface area (Å²) in [6.07, 6.45) is 1.71. The fraction of sp³-hybridized carbons (Fsp3) is 0.588. The highest BCUT2D eigenvalue weighted by Crippen LogP contribution is 2.33. The van der Waals surface area contributed by atoms with Crippen LogP contribution in [0.1, 0.15) is 31.4 Å². The van der Waals surface area contributed by atoms with Crippen LogP contribution in [0.4, 0.5) is 0 Å². The number of carbonyl (C=O) groups is 1. The molecule has 1 unspecified atom stereocenters. The van der Waals surface area contributed by atoms with E-state index in [-0.39, 0.29) is 31.3 Å². The maximum absolute atomic E-state index is 12.9. The summed E-state index contributed by atoms with van der Waals surface area (Å²) in [6, 6.07) is 5.16. The van der Waals surface area contributed by atoms with Crippen molar-refractivity contribution in [1.82, 2.24) is 10.6 Å². The van der Waals surface area contributed by atoms with Crippen molar-refractivity contribution in [3.63, 3.8) is 0 Å². The van der Waals surface area contributed by atoms with E-state index in [1.807, 2.05) is 25.1 Å². The molecule has 1 fully saturated rings. The predicted octanol–water partition coefficient (Wildman–Crippen LogP) is 1.22. The lowest BCUT2D eigenvalue weighted by molar-refractivity contribution is -0.125. The molecule has 1 amide bonds. The largest absolute Gasteiger partial charge is 0.486 e. The van der Waals surface area contributed by atoms with E-state index in [0.717, 1.165) is 11.8 Å². The van der Waals surface area contributed by atoms with Crippen molar-refractivity contribution in [2.24, 2.45) is 0 Å². The average Bonchev–Trinajstić information content (AvgIpc) is 2.60. The van der Waals surface area contributed by atoms with Gasteiger partial charge in [-0.3, -0.25) is 4.79 Å². The van der Waals surface area contributed by atoms with E-state index in [2.05, 4.69) is 10.6 Å². The van der Waals surface area contributed by atoms with Gasteiger partial charge in [0.1, 0.15) is 13.2 Å². The van der Waals surface area contributed by atoms with Gasteiger partial charge in [-0.25, -0.2) is 8.42 Å². The number of amides is 1. The maximum atomic E-state index is 12.9. The molecule has 2 aliphatic heterocycles. The van der Waals surface area contributed by atoms with Gasteiger partial charge in [-0.05, 0) is 50.6 Å². The average molecular weight is 405 g/mol. The van der Waals surface area contributed by atoms with Crippen molar-refractivity contribution >= 4 is 28.2 Å². The molecule has 0 saturated carbocycles. The SMILES string of the molecule is CC(NC(=O)C1(S(C)(=O)=O)CCNCC1)c1ccc2c(c1)OCCO2.Cl. The topological polar surface area (TPSA) is 93.7 Å². The van der Waals surface area contributed by atoms with E-state index < -0.39 is 20.5 Å². The lowest BCUT2D eigenvalue weighted by atomic mass is 9.95. The van der Waals surface area contributed by atoms with Crippen molar-refractivity contribution in [3.05, 3.63) is 23.8 Å². The van der Waals surface area contributed by atoms with Crippen LogP contribution in [0, 0.1) is 0 Å². The minimum Gasteiger partial charge on any atom is -0.486 e. The normalized spacial score (nSPS) is 19.8. The quantitative estimate of drug-likeness (QED) is 0.783. The minimum absolute atomic E-state index is 0. The monoisotopic (exact) mass is 404 g/mol. The Bertz CT molecular complexity index is 762. The molecule has 7 nitrogen and oxygen atoms in total. The third-order valence-electron chi connectivity index (χ3n) is 4.95. The zero-order chi connectivity index (χ0) is 18.1. The molecular formula is C17H25ClN2O5S. The third kappa shape index (κ3) is 3.92. The molecule has 0 aromatic heterocycles. The van der Waals surface area contributed by atoms with Gasteiger partial charge in [-0.15, -0.1) is 12.4 Å². The van der Waals surface area contributed by atoms with Crippen LogP contribution in [0.2, 0.25) is 0 Å². The Morgan fingerprint density at radius 3 is 2.42 bits per heavy atom. The zero-order valence-corrected chi connectivity index (χ0v) is 16.5. The predicted molar refractivity (Wildman–Crippen MR) is 101 cm³/mol. The molecule has 26 heavy (non-hydrogen) atoms. The second-order valence-electron chi connectivity index (χ2n) is 6.61. The summed E-state index contributed by atoms with van der Waals surface area (Å²) in [6.45, 7) is 3.86. The number of hydrogen-bond donors (Lipinski definition) is 2. The molecule has 0 spiro atoms. The third-order valence-corrected chi connectivity index (χ3v) is 6.96. The number of sulfone groups is 1. The first-order valence-corrected chi connectivity index (χ1v) is 10.3. The molecule has 2 heterocycles. The van der Waals surface area contributed by atoms with E-state index in [1.54, 1.807) is 0 Å². The van der Waals surface area contributed by atoms with Crippen molar-refractivity contribution in [2.45, 2.75) is 30.6 Å². The number of hydrogen-bond acceptors (Lipinski definition) is 6. The van der Waals surface area contributed by atoms with Crippen LogP contribution < -0.4 is 20.1 Å². The van der Waals surface area contributed by atoms with Crippen LogP contribution in [-0.2, 0) is 14.6 Å². The fourth-order valence-corrected chi connectivity index (χ4v) is 4.68. The highest BCUT2D eigenvalue weighted by Gasteiger charge is 2.48. The Kier molecular flexibility index (Phi) is 6.42. The fourth-order valence-electron chi connectivity index (χ4n) is 3.34. The number of rotatable bonds is 4. The molecule has 2 N–H and O–H groups in total. The Hall–Kier alpha value is -1.51. The van der Waals surface area contributed by atoms with E-state index in [9.17, 15) is 13.2 Å². The van der Waals surface area contributed by atoms with E-state index >= 15 is 0 Å². The second kappa shape index (κ2) is 8.02. The summed E-state index contributed by atoms with van der Waals surface area (Å²) in [5.74, 6) is 0.892. The van der Waals surface area contributed by atoms with Gasteiger partial charge in [0.05, 0.1) is 6.04 Å². The van der Waals surface area contributed by atoms with Gasteiger partial charge in [-0.2, -0.15) is 0 Å². The van der Waals surface area contributed by atoms with Gasteiger partial charge in [0.2, 0.25) is 5.91 Å². The number of halogens is 1. The van der Waals surface area contributed by atoms with Crippen molar-refractivity contribution in [1.29, 1.82) is 0 Å². The number of piperidine rings is 1. The van der Waals surface area contributed by atoms with Crippen LogP contribution in [-0.4, -0.2) is 51.6 Å². The van der Waals surface area contributed by atoms with Crippen molar-refractivity contribution in [3.8, 4) is 11.5 Å². The highest BCUT2D eigenvalue weighted by atomic mass is 35.5. The van der Waals surface area contributed by atoms with E-state index in [4.69, 9.17) is 9.47 Å². The maximum Gasteiger partial charge on any atom is 0.242 e. The molecular weight excluding hydrogens is 380 g/mol. The summed E-state index contributed by atoms with van der Waals surface area (Å²) in [5, 5.41) is 5.99. The smallest absolute Gasteiger partial charge is 0.242 e.